The molecule has 0 saturated carbocycles. The smallest absolute Gasteiger partial charge is 0.282 e. The normalized spacial score (nSPS) is 13.1. The molecule has 0 atom stereocenters. The van der Waals surface area contributed by atoms with Crippen molar-refractivity contribution in [2.45, 2.75) is 20.8 Å². The van der Waals surface area contributed by atoms with Crippen molar-refractivity contribution in [3.05, 3.63) is 89.1 Å². The number of hydrogen-bond donors (Lipinski definition) is 1. The van der Waals surface area contributed by atoms with E-state index in [9.17, 15) is 9.59 Å². The Hall–Kier alpha value is -4.57. The van der Waals surface area contributed by atoms with Crippen molar-refractivity contribution in [2.75, 3.05) is 23.4 Å². The van der Waals surface area contributed by atoms with Gasteiger partial charge in [-0.3, -0.25) is 9.59 Å². The van der Waals surface area contributed by atoms with Crippen LogP contribution in [0.2, 0.25) is 0 Å². The largest absolute Gasteiger partial charge is 0.490 e. The number of hydrogen-bond acceptors (Lipinski definition) is 6. The Morgan fingerprint density at radius 2 is 1.51 bits per heavy atom. The third-order valence-corrected chi connectivity index (χ3v) is 5.49. The molecule has 0 unspecified atom stereocenters. The standard InChI is InChI=1S/C28H25N3O4/c1-4-34-23-15-12-21(16-24(23)35-5-2)30-26-25(20-10-6-18(3)7-11-20)27(32)31(28(26)33)22-13-8-19(17-29)9-14-22/h6-16,30H,4-5H2,1-3H3. The van der Waals surface area contributed by atoms with Crippen molar-refractivity contribution < 1.29 is 19.1 Å². The summed E-state index contributed by atoms with van der Waals surface area (Å²) < 4.78 is 11.3. The van der Waals surface area contributed by atoms with Gasteiger partial charge in [-0.15, -0.1) is 0 Å². The zero-order chi connectivity index (χ0) is 24.9. The number of anilines is 2. The zero-order valence-electron chi connectivity index (χ0n) is 19.8. The van der Waals surface area contributed by atoms with Gasteiger partial charge in [0.25, 0.3) is 11.8 Å². The highest BCUT2D eigenvalue weighted by Gasteiger charge is 2.40. The average Bonchev–Trinajstić information content (AvgIpc) is 3.10. The minimum atomic E-state index is -0.484. The van der Waals surface area contributed by atoms with E-state index in [1.807, 2.05) is 51.1 Å². The second-order valence-electron chi connectivity index (χ2n) is 7.87. The molecule has 176 valence electrons. The first-order chi connectivity index (χ1) is 17.0. The maximum Gasteiger partial charge on any atom is 0.282 e. The minimum absolute atomic E-state index is 0.162. The summed E-state index contributed by atoms with van der Waals surface area (Å²) in [5.74, 6) is 0.211. The first-order valence-corrected chi connectivity index (χ1v) is 11.3. The summed E-state index contributed by atoms with van der Waals surface area (Å²) in [7, 11) is 0. The van der Waals surface area contributed by atoms with E-state index in [4.69, 9.17) is 14.7 Å². The molecule has 0 radical (unpaired) electrons. The number of ether oxygens (including phenoxy) is 2. The van der Waals surface area contributed by atoms with Gasteiger partial charge in [-0.25, -0.2) is 4.90 Å². The quantitative estimate of drug-likeness (QED) is 0.466. The van der Waals surface area contributed by atoms with E-state index in [2.05, 4.69) is 5.32 Å². The maximum absolute atomic E-state index is 13.6. The molecular formula is C28H25N3O4. The molecule has 35 heavy (non-hydrogen) atoms. The van der Waals surface area contributed by atoms with E-state index in [1.54, 1.807) is 42.5 Å². The number of nitrogens with one attached hydrogen (secondary N) is 1. The van der Waals surface area contributed by atoms with Gasteiger partial charge in [-0.2, -0.15) is 5.26 Å². The van der Waals surface area contributed by atoms with Crippen molar-refractivity contribution in [3.63, 3.8) is 0 Å². The van der Waals surface area contributed by atoms with E-state index >= 15 is 0 Å². The van der Waals surface area contributed by atoms with Crippen LogP contribution in [0.3, 0.4) is 0 Å². The zero-order valence-corrected chi connectivity index (χ0v) is 19.8. The van der Waals surface area contributed by atoms with Gasteiger partial charge in [0.2, 0.25) is 0 Å². The van der Waals surface area contributed by atoms with Crippen LogP contribution in [0.1, 0.15) is 30.5 Å². The summed E-state index contributed by atoms with van der Waals surface area (Å²) in [4.78, 5) is 28.3. The van der Waals surface area contributed by atoms with Crippen LogP contribution in [0.25, 0.3) is 5.57 Å². The molecule has 3 aromatic carbocycles. The van der Waals surface area contributed by atoms with Gasteiger partial charge >= 0.3 is 0 Å². The van der Waals surface area contributed by atoms with Gasteiger partial charge in [-0.05, 0) is 62.7 Å². The number of nitrogens with zero attached hydrogens (tertiary/aromatic N) is 2. The van der Waals surface area contributed by atoms with Crippen LogP contribution in [0.4, 0.5) is 11.4 Å². The van der Waals surface area contributed by atoms with Gasteiger partial charge in [0.15, 0.2) is 11.5 Å². The number of imide groups is 1. The number of carbonyl (C=O) groups is 2. The van der Waals surface area contributed by atoms with Crippen LogP contribution >= 0.6 is 0 Å². The van der Waals surface area contributed by atoms with Crippen LogP contribution in [-0.2, 0) is 9.59 Å². The van der Waals surface area contributed by atoms with E-state index in [1.165, 1.54) is 0 Å². The number of amides is 2. The van der Waals surface area contributed by atoms with Crippen molar-refractivity contribution in [3.8, 4) is 17.6 Å². The highest BCUT2D eigenvalue weighted by molar-refractivity contribution is 6.46. The summed E-state index contributed by atoms with van der Waals surface area (Å²) in [5, 5.41) is 12.3. The summed E-state index contributed by atoms with van der Waals surface area (Å²) in [5.41, 5.74) is 3.51. The number of aryl methyl sites for hydroxylation is 1. The Morgan fingerprint density at radius 1 is 0.857 bits per heavy atom. The van der Waals surface area contributed by atoms with Gasteiger partial charge in [-0.1, -0.05) is 29.8 Å². The fourth-order valence-corrected chi connectivity index (χ4v) is 3.83. The summed E-state index contributed by atoms with van der Waals surface area (Å²) in [6.45, 7) is 6.66. The Labute approximate surface area is 204 Å². The Morgan fingerprint density at radius 3 is 2.14 bits per heavy atom. The summed E-state index contributed by atoms with van der Waals surface area (Å²) in [6.07, 6.45) is 0. The van der Waals surface area contributed by atoms with Crippen molar-refractivity contribution in [1.82, 2.24) is 0 Å². The van der Waals surface area contributed by atoms with Gasteiger partial charge in [0.1, 0.15) is 5.70 Å². The Kier molecular flexibility index (Phi) is 6.83. The van der Waals surface area contributed by atoms with Crippen molar-refractivity contribution in [1.29, 1.82) is 5.26 Å². The predicted molar refractivity (Wildman–Crippen MR) is 134 cm³/mol. The lowest BCUT2D eigenvalue weighted by Gasteiger charge is -2.16. The first kappa shape index (κ1) is 23.6. The molecule has 2 amide bonds. The molecule has 1 aliphatic rings. The van der Waals surface area contributed by atoms with E-state index in [-0.39, 0.29) is 11.3 Å². The number of rotatable bonds is 8. The molecule has 7 nitrogen and oxygen atoms in total. The van der Waals surface area contributed by atoms with Crippen molar-refractivity contribution in [2.24, 2.45) is 0 Å². The van der Waals surface area contributed by atoms with E-state index in [0.29, 0.717) is 47.2 Å². The third kappa shape index (κ3) is 4.73. The number of benzene rings is 3. The predicted octanol–water partition coefficient (Wildman–Crippen LogP) is 5.06. The molecule has 0 aliphatic carbocycles. The van der Waals surface area contributed by atoms with Crippen LogP contribution in [0.5, 0.6) is 11.5 Å². The van der Waals surface area contributed by atoms with Crippen LogP contribution in [0, 0.1) is 18.3 Å². The molecule has 1 heterocycles. The van der Waals surface area contributed by atoms with Crippen molar-refractivity contribution >= 4 is 28.8 Å². The molecule has 0 bridgehead atoms. The fourth-order valence-electron chi connectivity index (χ4n) is 3.83. The molecule has 1 aliphatic heterocycles. The molecule has 0 fully saturated rings. The van der Waals surface area contributed by atoms with Gasteiger partial charge < -0.3 is 14.8 Å². The molecule has 3 aromatic rings. The fraction of sp³-hybridized carbons (Fsp3) is 0.179. The lowest BCUT2D eigenvalue weighted by atomic mass is 10.0. The Balaban J connectivity index is 1.78. The molecule has 0 saturated heterocycles. The average molecular weight is 468 g/mol. The second kappa shape index (κ2) is 10.1. The molecule has 7 heteroatoms. The van der Waals surface area contributed by atoms with E-state index < -0.39 is 11.8 Å². The first-order valence-electron chi connectivity index (χ1n) is 11.3. The monoisotopic (exact) mass is 467 g/mol. The number of carbonyl (C=O) groups excluding carboxylic acids is 2. The molecule has 0 spiro atoms. The maximum atomic E-state index is 13.6. The summed E-state index contributed by atoms with van der Waals surface area (Å²) >= 11 is 0. The molecule has 1 N–H and O–H groups in total. The SMILES string of the molecule is CCOc1ccc(NC2=C(c3ccc(C)cc3)C(=O)N(c3ccc(C#N)cc3)C2=O)cc1OCC. The highest BCUT2D eigenvalue weighted by Crippen LogP contribution is 2.36. The molecule has 0 aromatic heterocycles. The van der Waals surface area contributed by atoms with Gasteiger partial charge in [0.05, 0.1) is 36.1 Å². The third-order valence-electron chi connectivity index (χ3n) is 5.49. The van der Waals surface area contributed by atoms with Crippen LogP contribution in [0.15, 0.2) is 72.4 Å². The highest BCUT2D eigenvalue weighted by atomic mass is 16.5. The van der Waals surface area contributed by atoms with Crippen LogP contribution in [-0.4, -0.2) is 25.0 Å². The molecular weight excluding hydrogens is 442 g/mol. The Bertz CT molecular complexity index is 1340. The lowest BCUT2D eigenvalue weighted by molar-refractivity contribution is -0.120. The summed E-state index contributed by atoms with van der Waals surface area (Å²) in [6, 6.07) is 21.1. The van der Waals surface area contributed by atoms with E-state index in [0.717, 1.165) is 10.5 Å². The van der Waals surface area contributed by atoms with Gasteiger partial charge in [0, 0.05) is 11.8 Å². The number of nitriles is 1. The topological polar surface area (TPSA) is 91.7 Å². The second-order valence-corrected chi connectivity index (χ2v) is 7.87. The molecule has 4 rings (SSSR count). The lowest BCUT2D eigenvalue weighted by Crippen LogP contribution is -2.32. The minimum Gasteiger partial charge on any atom is -0.490 e. The van der Waals surface area contributed by atoms with Crippen LogP contribution < -0.4 is 19.7 Å².